The average Bonchev–Trinajstić information content (AvgIpc) is 2.07. The molecule has 3 heteroatoms. The Bertz CT molecular complexity index is 164. The molecule has 0 radical (unpaired) electrons. The summed E-state index contributed by atoms with van der Waals surface area (Å²) in [7, 11) is 0. The fourth-order valence-corrected chi connectivity index (χ4v) is 1.69. The average molecular weight is 142 g/mol. The highest BCUT2D eigenvalue weighted by molar-refractivity contribution is 5.80. The first kappa shape index (κ1) is 6.31. The van der Waals surface area contributed by atoms with E-state index in [1.165, 1.54) is 0 Å². The highest BCUT2D eigenvalue weighted by Gasteiger charge is 2.40. The Morgan fingerprint density at radius 3 is 3.00 bits per heavy atom. The van der Waals surface area contributed by atoms with Crippen LogP contribution in [-0.4, -0.2) is 29.2 Å². The normalized spacial score (nSPS) is 46.1. The van der Waals surface area contributed by atoms with Crippen molar-refractivity contribution in [2.45, 2.75) is 37.6 Å². The third kappa shape index (κ3) is 0.859. The molecular formula is C7H10O3. The molecule has 3 nitrogen and oxygen atoms in total. The molecule has 2 fully saturated rings. The molecule has 0 aromatic carbocycles. The number of fused-ring (bicyclic) bond motifs is 2. The lowest BCUT2D eigenvalue weighted by Crippen LogP contribution is -2.28. The topological polar surface area (TPSA) is 46.5 Å². The van der Waals surface area contributed by atoms with Crippen LogP contribution in [0.5, 0.6) is 0 Å². The lowest BCUT2D eigenvalue weighted by Gasteiger charge is -2.18. The van der Waals surface area contributed by atoms with Gasteiger partial charge in [0.1, 0.15) is 5.78 Å². The first-order valence-corrected chi connectivity index (χ1v) is 3.61. The number of ketones is 1. The predicted octanol–water partition coefficient (Wildman–Crippen LogP) is -0.132. The van der Waals surface area contributed by atoms with E-state index in [4.69, 9.17) is 4.74 Å². The van der Waals surface area contributed by atoms with Crippen molar-refractivity contribution in [2.24, 2.45) is 0 Å². The zero-order valence-electron chi connectivity index (χ0n) is 5.62. The monoisotopic (exact) mass is 142 g/mol. The van der Waals surface area contributed by atoms with Crippen LogP contribution in [0.3, 0.4) is 0 Å². The molecule has 2 saturated heterocycles. The summed E-state index contributed by atoms with van der Waals surface area (Å²) in [5, 5.41) is 9.24. The molecule has 2 heterocycles. The molecule has 0 saturated carbocycles. The van der Waals surface area contributed by atoms with E-state index < -0.39 is 6.10 Å². The van der Waals surface area contributed by atoms with Gasteiger partial charge in [0.15, 0.2) is 0 Å². The Morgan fingerprint density at radius 2 is 2.30 bits per heavy atom. The van der Waals surface area contributed by atoms with E-state index in [1.807, 2.05) is 0 Å². The quantitative estimate of drug-likeness (QED) is 0.512. The van der Waals surface area contributed by atoms with E-state index in [-0.39, 0.29) is 18.0 Å². The van der Waals surface area contributed by atoms with E-state index in [2.05, 4.69) is 0 Å². The van der Waals surface area contributed by atoms with Crippen LogP contribution < -0.4 is 0 Å². The van der Waals surface area contributed by atoms with Gasteiger partial charge in [-0.2, -0.15) is 0 Å². The summed E-state index contributed by atoms with van der Waals surface area (Å²) in [5.41, 5.74) is 0. The maximum absolute atomic E-state index is 10.9. The lowest BCUT2D eigenvalue weighted by molar-refractivity contribution is -0.131. The van der Waals surface area contributed by atoms with Crippen molar-refractivity contribution >= 4 is 5.78 Å². The van der Waals surface area contributed by atoms with Crippen LogP contribution in [0, 0.1) is 0 Å². The number of hydrogen-bond acceptors (Lipinski definition) is 3. The number of carbonyl (C=O) groups excluding carboxylic acids is 1. The molecule has 10 heavy (non-hydrogen) atoms. The van der Waals surface area contributed by atoms with Crippen molar-refractivity contribution in [3.63, 3.8) is 0 Å². The van der Waals surface area contributed by atoms with Crippen molar-refractivity contribution in [2.75, 3.05) is 0 Å². The zero-order valence-corrected chi connectivity index (χ0v) is 5.62. The maximum atomic E-state index is 10.9. The number of rotatable bonds is 0. The molecule has 2 bridgehead atoms. The SMILES string of the molecule is O=C1CC2CC(O)C(C1)O2. The largest absolute Gasteiger partial charge is 0.390 e. The molecule has 3 unspecified atom stereocenters. The number of Topliss-reactive ketones (excluding diaryl/α,β-unsaturated/α-hetero) is 1. The summed E-state index contributed by atoms with van der Waals surface area (Å²) in [4.78, 5) is 10.9. The first-order chi connectivity index (χ1) is 4.75. The third-order valence-corrected chi connectivity index (χ3v) is 2.18. The van der Waals surface area contributed by atoms with Crippen LogP contribution in [0.2, 0.25) is 0 Å². The number of carbonyl (C=O) groups is 1. The number of aliphatic hydroxyl groups excluding tert-OH is 1. The molecule has 0 aliphatic carbocycles. The van der Waals surface area contributed by atoms with Crippen molar-refractivity contribution in [3.8, 4) is 0 Å². The second-order valence-electron chi connectivity index (χ2n) is 3.05. The number of hydrogen-bond donors (Lipinski definition) is 1. The second-order valence-corrected chi connectivity index (χ2v) is 3.05. The second kappa shape index (κ2) is 2.04. The standard InChI is InChI=1S/C7H10O3/c8-4-1-5-3-6(9)7(2-4)10-5/h5-7,9H,1-3H2. The molecule has 56 valence electrons. The minimum absolute atomic E-state index is 0.0150. The molecule has 0 aromatic heterocycles. The van der Waals surface area contributed by atoms with Crippen LogP contribution in [0.15, 0.2) is 0 Å². The van der Waals surface area contributed by atoms with Crippen LogP contribution in [0.25, 0.3) is 0 Å². The zero-order chi connectivity index (χ0) is 7.14. The van der Waals surface area contributed by atoms with Gasteiger partial charge < -0.3 is 9.84 Å². The molecular weight excluding hydrogens is 132 g/mol. The van der Waals surface area contributed by atoms with Gasteiger partial charge in [-0.1, -0.05) is 0 Å². The number of aliphatic hydroxyl groups is 1. The highest BCUT2D eigenvalue weighted by atomic mass is 16.5. The van der Waals surface area contributed by atoms with Crippen molar-refractivity contribution in [3.05, 3.63) is 0 Å². The van der Waals surface area contributed by atoms with E-state index in [0.717, 1.165) is 0 Å². The van der Waals surface area contributed by atoms with Gasteiger partial charge in [-0.3, -0.25) is 4.79 Å². The van der Waals surface area contributed by atoms with Gasteiger partial charge in [-0.15, -0.1) is 0 Å². The minimum atomic E-state index is -0.392. The summed E-state index contributed by atoms with van der Waals surface area (Å²) < 4.78 is 5.31. The Balaban J connectivity index is 2.13. The van der Waals surface area contributed by atoms with Gasteiger partial charge in [0.05, 0.1) is 18.3 Å². The first-order valence-electron chi connectivity index (χ1n) is 3.61. The maximum Gasteiger partial charge on any atom is 0.138 e. The van der Waals surface area contributed by atoms with Gasteiger partial charge in [-0.05, 0) is 0 Å². The Hall–Kier alpha value is -0.410. The Labute approximate surface area is 59.0 Å². The van der Waals surface area contributed by atoms with Crippen LogP contribution in [0.1, 0.15) is 19.3 Å². The van der Waals surface area contributed by atoms with E-state index in [0.29, 0.717) is 19.3 Å². The smallest absolute Gasteiger partial charge is 0.138 e. The molecule has 1 N–H and O–H groups in total. The van der Waals surface area contributed by atoms with E-state index in [1.54, 1.807) is 0 Å². The van der Waals surface area contributed by atoms with Crippen LogP contribution in [-0.2, 0) is 9.53 Å². The van der Waals surface area contributed by atoms with Gasteiger partial charge in [0, 0.05) is 19.3 Å². The van der Waals surface area contributed by atoms with Gasteiger partial charge in [0.2, 0.25) is 0 Å². The molecule has 2 aliphatic rings. The molecule has 2 rings (SSSR count). The van der Waals surface area contributed by atoms with E-state index in [9.17, 15) is 9.90 Å². The molecule has 0 amide bonds. The van der Waals surface area contributed by atoms with Gasteiger partial charge in [-0.25, -0.2) is 0 Å². The fourth-order valence-electron chi connectivity index (χ4n) is 1.69. The predicted molar refractivity (Wildman–Crippen MR) is 33.5 cm³/mol. The van der Waals surface area contributed by atoms with Crippen molar-refractivity contribution in [1.82, 2.24) is 0 Å². The molecule has 0 aromatic rings. The Kier molecular flexibility index (Phi) is 1.28. The van der Waals surface area contributed by atoms with Crippen molar-refractivity contribution in [1.29, 1.82) is 0 Å². The van der Waals surface area contributed by atoms with Gasteiger partial charge in [0.25, 0.3) is 0 Å². The summed E-state index contributed by atoms with van der Waals surface area (Å²) in [6.45, 7) is 0. The van der Waals surface area contributed by atoms with Gasteiger partial charge >= 0.3 is 0 Å². The Morgan fingerprint density at radius 1 is 1.50 bits per heavy atom. The molecule has 3 atom stereocenters. The summed E-state index contributed by atoms with van der Waals surface area (Å²) in [5.74, 6) is 0.234. The highest BCUT2D eigenvalue weighted by Crippen LogP contribution is 2.30. The summed E-state index contributed by atoms with van der Waals surface area (Å²) >= 11 is 0. The van der Waals surface area contributed by atoms with E-state index >= 15 is 0 Å². The summed E-state index contributed by atoms with van der Waals surface area (Å²) in [6, 6.07) is 0. The number of ether oxygens (including phenoxy) is 1. The lowest BCUT2D eigenvalue weighted by atomic mass is 10.1. The molecule has 2 aliphatic heterocycles. The summed E-state index contributed by atoms with van der Waals surface area (Å²) in [6.07, 6.45) is 1.01. The fraction of sp³-hybridized carbons (Fsp3) is 0.857. The molecule has 0 spiro atoms. The van der Waals surface area contributed by atoms with Crippen LogP contribution in [0.4, 0.5) is 0 Å². The van der Waals surface area contributed by atoms with Crippen molar-refractivity contribution < 1.29 is 14.6 Å². The minimum Gasteiger partial charge on any atom is -0.390 e. The third-order valence-electron chi connectivity index (χ3n) is 2.18. The van der Waals surface area contributed by atoms with Crippen LogP contribution >= 0.6 is 0 Å².